The number of carbonyl (C=O) groups excluding carboxylic acids is 3. The van der Waals surface area contributed by atoms with Crippen LogP contribution >= 0.6 is 11.3 Å². The fourth-order valence-corrected chi connectivity index (χ4v) is 3.98. The largest absolute Gasteiger partial charge is 0.370 e. The maximum Gasteiger partial charge on any atom is 0.261 e. The Hall–Kier alpha value is -1.77. The summed E-state index contributed by atoms with van der Waals surface area (Å²) in [6.45, 7) is 2.23. The van der Waals surface area contributed by atoms with Crippen LogP contribution in [-0.2, 0) is 19.2 Å². The monoisotopic (exact) mass is 323 g/mol. The maximum absolute atomic E-state index is 12.4. The molecule has 0 radical (unpaired) electrons. The minimum Gasteiger partial charge on any atom is -0.370 e. The van der Waals surface area contributed by atoms with E-state index in [0.29, 0.717) is 0 Å². The minimum absolute atomic E-state index is 0.110. The van der Waals surface area contributed by atoms with Gasteiger partial charge in [-0.1, -0.05) is 0 Å². The van der Waals surface area contributed by atoms with Crippen molar-refractivity contribution in [2.75, 3.05) is 13.6 Å². The van der Waals surface area contributed by atoms with Crippen molar-refractivity contribution in [2.24, 2.45) is 11.7 Å². The lowest BCUT2D eigenvalue weighted by Gasteiger charge is -2.24. The number of hydrogen-bond acceptors (Lipinski definition) is 6. The van der Waals surface area contributed by atoms with Crippen molar-refractivity contribution in [1.29, 1.82) is 0 Å². The zero-order valence-corrected chi connectivity index (χ0v) is 13.1. The summed E-state index contributed by atoms with van der Waals surface area (Å²) in [5.41, 5.74) is 5.19. The van der Waals surface area contributed by atoms with Crippen LogP contribution in [0.25, 0.3) is 0 Å². The number of amides is 3. The maximum atomic E-state index is 12.4. The van der Waals surface area contributed by atoms with Crippen molar-refractivity contribution in [3.8, 4) is 0 Å². The fraction of sp³-hybridized carbons (Fsp3) is 0.500. The van der Waals surface area contributed by atoms with Crippen molar-refractivity contribution in [1.82, 2.24) is 9.96 Å². The Morgan fingerprint density at radius 3 is 2.68 bits per heavy atom. The van der Waals surface area contributed by atoms with E-state index in [2.05, 4.69) is 0 Å². The van der Waals surface area contributed by atoms with Gasteiger partial charge in [0.2, 0.25) is 11.8 Å². The molecular weight excluding hydrogens is 306 g/mol. The average molecular weight is 323 g/mol. The van der Waals surface area contributed by atoms with Gasteiger partial charge in [0.15, 0.2) is 6.10 Å². The molecule has 2 N–H and O–H groups in total. The Morgan fingerprint density at radius 1 is 1.36 bits per heavy atom. The molecule has 0 aromatic carbocycles. The SMILES string of the molecule is Cc1ccc(C2C3C(=O)N(C)C(=O)C3ON2CCC(N)=O)s1. The minimum atomic E-state index is -0.808. The number of likely N-dealkylation sites (tertiary alicyclic amines) is 1. The number of hydrogen-bond donors (Lipinski definition) is 1. The van der Waals surface area contributed by atoms with Crippen LogP contribution in [0.3, 0.4) is 0 Å². The predicted octanol–water partition coefficient (Wildman–Crippen LogP) is 0.204. The van der Waals surface area contributed by atoms with Gasteiger partial charge in [-0.15, -0.1) is 11.3 Å². The predicted molar refractivity (Wildman–Crippen MR) is 78.5 cm³/mol. The van der Waals surface area contributed by atoms with E-state index < -0.39 is 17.9 Å². The number of imide groups is 1. The van der Waals surface area contributed by atoms with Gasteiger partial charge in [0.25, 0.3) is 5.91 Å². The molecule has 8 heteroatoms. The third-order valence-electron chi connectivity index (χ3n) is 4.05. The van der Waals surface area contributed by atoms with Gasteiger partial charge >= 0.3 is 0 Å². The summed E-state index contributed by atoms with van der Waals surface area (Å²) in [5.74, 6) is -1.59. The van der Waals surface area contributed by atoms with Crippen LogP contribution < -0.4 is 5.73 Å². The van der Waals surface area contributed by atoms with Gasteiger partial charge in [-0.2, -0.15) is 5.06 Å². The normalized spacial score (nSPS) is 28.5. The van der Waals surface area contributed by atoms with Gasteiger partial charge in [-0.05, 0) is 19.1 Å². The average Bonchev–Trinajstić information content (AvgIpc) is 3.10. The zero-order valence-electron chi connectivity index (χ0n) is 12.3. The third kappa shape index (κ3) is 2.33. The highest BCUT2D eigenvalue weighted by Gasteiger charge is 2.58. The number of hydroxylamine groups is 2. The highest BCUT2D eigenvalue weighted by atomic mass is 32.1. The Morgan fingerprint density at radius 2 is 2.09 bits per heavy atom. The van der Waals surface area contributed by atoms with Gasteiger partial charge in [-0.3, -0.25) is 24.1 Å². The number of thiophene rings is 1. The molecule has 0 bridgehead atoms. The van der Waals surface area contributed by atoms with Crippen molar-refractivity contribution < 1.29 is 19.2 Å². The topological polar surface area (TPSA) is 92.9 Å². The number of nitrogens with two attached hydrogens (primary N) is 1. The zero-order chi connectivity index (χ0) is 16.0. The number of nitrogens with zero attached hydrogens (tertiary/aromatic N) is 2. The summed E-state index contributed by atoms with van der Waals surface area (Å²) in [4.78, 5) is 44.4. The molecule has 3 heterocycles. The summed E-state index contributed by atoms with van der Waals surface area (Å²) in [7, 11) is 1.47. The van der Waals surface area contributed by atoms with E-state index in [-0.39, 0.29) is 30.8 Å². The van der Waals surface area contributed by atoms with Gasteiger partial charge in [0.1, 0.15) is 0 Å². The summed E-state index contributed by atoms with van der Waals surface area (Å²) < 4.78 is 0. The van der Waals surface area contributed by atoms with Crippen LogP contribution in [0.4, 0.5) is 0 Å². The molecule has 0 aliphatic carbocycles. The number of likely N-dealkylation sites (N-methyl/N-ethyl adjacent to an activating group) is 1. The van der Waals surface area contributed by atoms with Crippen molar-refractivity contribution in [3.63, 3.8) is 0 Å². The van der Waals surface area contributed by atoms with Crippen molar-refractivity contribution in [2.45, 2.75) is 25.5 Å². The summed E-state index contributed by atoms with van der Waals surface area (Å²) >= 11 is 1.56. The smallest absolute Gasteiger partial charge is 0.261 e. The van der Waals surface area contributed by atoms with Crippen LogP contribution in [0, 0.1) is 12.8 Å². The Balaban J connectivity index is 1.93. The number of aryl methyl sites for hydroxylation is 1. The molecule has 1 aromatic heterocycles. The van der Waals surface area contributed by atoms with Crippen LogP contribution in [0.5, 0.6) is 0 Å². The highest BCUT2D eigenvalue weighted by molar-refractivity contribution is 7.12. The second-order valence-corrected chi connectivity index (χ2v) is 6.86. The Bertz CT molecular complexity index is 644. The molecule has 1 aromatic rings. The highest BCUT2D eigenvalue weighted by Crippen LogP contribution is 2.45. The van der Waals surface area contributed by atoms with Gasteiger partial charge in [-0.25, -0.2) is 0 Å². The second-order valence-electron chi connectivity index (χ2n) is 5.54. The van der Waals surface area contributed by atoms with Crippen LogP contribution in [0.2, 0.25) is 0 Å². The summed E-state index contributed by atoms with van der Waals surface area (Å²) in [5, 5.41) is 1.56. The van der Waals surface area contributed by atoms with E-state index in [1.54, 1.807) is 16.4 Å². The van der Waals surface area contributed by atoms with E-state index in [9.17, 15) is 14.4 Å². The first-order chi connectivity index (χ1) is 10.4. The molecule has 0 saturated carbocycles. The summed E-state index contributed by atoms with van der Waals surface area (Å²) in [6, 6.07) is 3.54. The molecule has 3 atom stereocenters. The van der Waals surface area contributed by atoms with Gasteiger partial charge < -0.3 is 5.73 Å². The van der Waals surface area contributed by atoms with Gasteiger partial charge in [0, 0.05) is 29.8 Å². The third-order valence-corrected chi connectivity index (χ3v) is 5.12. The lowest BCUT2D eigenvalue weighted by Crippen LogP contribution is -2.35. The second kappa shape index (κ2) is 5.45. The number of fused-ring (bicyclic) bond motifs is 1. The van der Waals surface area contributed by atoms with Crippen molar-refractivity contribution >= 4 is 29.1 Å². The van der Waals surface area contributed by atoms with Crippen LogP contribution in [-0.4, -0.2) is 47.4 Å². The molecule has 22 heavy (non-hydrogen) atoms. The molecule has 3 unspecified atom stereocenters. The van der Waals surface area contributed by atoms with E-state index in [1.165, 1.54) is 7.05 Å². The first kappa shape index (κ1) is 15.1. The van der Waals surface area contributed by atoms with E-state index in [0.717, 1.165) is 14.7 Å². The molecular formula is C14H17N3O4S. The van der Waals surface area contributed by atoms with Crippen LogP contribution in [0.1, 0.15) is 22.2 Å². The molecule has 3 rings (SSSR count). The van der Waals surface area contributed by atoms with E-state index in [4.69, 9.17) is 10.6 Å². The molecule has 2 aliphatic rings. The van der Waals surface area contributed by atoms with Gasteiger partial charge in [0.05, 0.1) is 12.0 Å². The lowest BCUT2D eigenvalue weighted by molar-refractivity contribution is -0.179. The molecule has 0 spiro atoms. The van der Waals surface area contributed by atoms with E-state index in [1.807, 2.05) is 19.1 Å². The fourth-order valence-electron chi connectivity index (χ4n) is 2.95. The summed E-state index contributed by atoms with van der Waals surface area (Å²) in [6.07, 6.45) is -0.698. The molecule has 2 fully saturated rings. The molecule has 7 nitrogen and oxygen atoms in total. The van der Waals surface area contributed by atoms with E-state index >= 15 is 0 Å². The molecule has 2 aliphatic heterocycles. The van der Waals surface area contributed by atoms with Crippen LogP contribution in [0.15, 0.2) is 12.1 Å². The molecule has 3 amide bonds. The Kier molecular flexibility index (Phi) is 3.75. The number of carbonyl (C=O) groups is 3. The molecule has 118 valence electrons. The first-order valence-corrected chi connectivity index (χ1v) is 7.81. The Labute approximate surface area is 131 Å². The standard InChI is InChI=1S/C14H17N3O4S/c1-7-3-4-8(22-7)11-10-12(14(20)16(2)13(10)19)21-17(11)6-5-9(15)18/h3-4,10-12H,5-6H2,1-2H3,(H2,15,18). The number of primary amides is 1. The lowest BCUT2D eigenvalue weighted by atomic mass is 9.95. The van der Waals surface area contributed by atoms with Crippen molar-refractivity contribution in [3.05, 3.63) is 21.9 Å². The first-order valence-electron chi connectivity index (χ1n) is 6.99. The number of rotatable bonds is 4. The molecule has 2 saturated heterocycles. The quantitative estimate of drug-likeness (QED) is 0.799.